The van der Waals surface area contributed by atoms with Gasteiger partial charge in [-0.15, -0.1) is 0 Å². The van der Waals surface area contributed by atoms with E-state index in [-0.39, 0.29) is 18.0 Å². The molecule has 0 spiro atoms. The van der Waals surface area contributed by atoms with Crippen molar-refractivity contribution in [3.8, 4) is 0 Å². The van der Waals surface area contributed by atoms with Crippen LogP contribution < -0.4 is 10.2 Å². The van der Waals surface area contributed by atoms with Crippen molar-refractivity contribution in [1.29, 1.82) is 0 Å². The molecule has 2 N–H and O–H groups in total. The molecule has 8 heteroatoms. The van der Waals surface area contributed by atoms with Gasteiger partial charge in [-0.05, 0) is 31.0 Å². The fourth-order valence-corrected chi connectivity index (χ4v) is 3.52. The number of rotatable bonds is 4. The van der Waals surface area contributed by atoms with Gasteiger partial charge in [-0.3, -0.25) is 14.5 Å². The van der Waals surface area contributed by atoms with Crippen molar-refractivity contribution in [3.63, 3.8) is 0 Å². The third-order valence-electron chi connectivity index (χ3n) is 5.01. The first-order chi connectivity index (χ1) is 12.6. The molecule has 8 nitrogen and oxygen atoms in total. The summed E-state index contributed by atoms with van der Waals surface area (Å²) in [5.41, 5.74) is 2.38. The number of aromatic nitrogens is 3. The Morgan fingerprint density at radius 2 is 2.19 bits per heavy atom. The number of hydrogen-bond donors (Lipinski definition) is 2. The molecule has 2 aromatic heterocycles. The summed E-state index contributed by atoms with van der Waals surface area (Å²) >= 11 is 0. The average molecular weight is 357 g/mol. The van der Waals surface area contributed by atoms with E-state index in [1.54, 1.807) is 17.1 Å². The fraction of sp³-hybridized carbons (Fsp3) is 0.500. The highest BCUT2D eigenvalue weighted by molar-refractivity contribution is 5.93. The van der Waals surface area contributed by atoms with E-state index >= 15 is 0 Å². The van der Waals surface area contributed by atoms with Gasteiger partial charge in [0.1, 0.15) is 5.69 Å². The summed E-state index contributed by atoms with van der Waals surface area (Å²) in [6.45, 7) is 4.94. The zero-order chi connectivity index (χ0) is 18.1. The Morgan fingerprint density at radius 1 is 1.38 bits per heavy atom. The van der Waals surface area contributed by atoms with Crippen molar-refractivity contribution in [3.05, 3.63) is 42.0 Å². The lowest BCUT2D eigenvalue weighted by Gasteiger charge is -2.41. The van der Waals surface area contributed by atoms with E-state index in [9.17, 15) is 9.90 Å². The van der Waals surface area contributed by atoms with E-state index < -0.39 is 6.10 Å². The van der Waals surface area contributed by atoms with Crippen molar-refractivity contribution in [1.82, 2.24) is 20.1 Å². The zero-order valence-electron chi connectivity index (χ0n) is 14.7. The van der Waals surface area contributed by atoms with Crippen molar-refractivity contribution in [2.75, 3.05) is 31.2 Å². The quantitative estimate of drug-likeness (QED) is 0.829. The Bertz CT molecular complexity index is 787. The van der Waals surface area contributed by atoms with Gasteiger partial charge >= 0.3 is 0 Å². The van der Waals surface area contributed by atoms with Crippen molar-refractivity contribution < 1.29 is 14.6 Å². The minimum Gasteiger partial charge on any atom is -0.391 e. The SMILES string of the molecule is Cc1cnn([C@H]2[C@H](O)C[C@@H]2NC(=O)c2cc(N3CCOCC3)ccn2)c1. The van der Waals surface area contributed by atoms with Crippen LogP contribution in [0.1, 0.15) is 28.5 Å². The van der Waals surface area contributed by atoms with Crippen LogP contribution in [0.4, 0.5) is 5.69 Å². The van der Waals surface area contributed by atoms with Crippen molar-refractivity contribution in [2.45, 2.75) is 31.5 Å². The summed E-state index contributed by atoms with van der Waals surface area (Å²) < 4.78 is 7.10. The van der Waals surface area contributed by atoms with E-state index in [0.717, 1.165) is 24.3 Å². The number of anilines is 1. The Kier molecular flexibility index (Phi) is 4.60. The number of carbonyl (C=O) groups is 1. The zero-order valence-corrected chi connectivity index (χ0v) is 14.7. The van der Waals surface area contributed by atoms with E-state index in [4.69, 9.17) is 4.74 Å². The van der Waals surface area contributed by atoms with Crippen LogP contribution in [-0.2, 0) is 4.74 Å². The predicted molar refractivity (Wildman–Crippen MR) is 95.1 cm³/mol. The summed E-state index contributed by atoms with van der Waals surface area (Å²) in [7, 11) is 0. The highest BCUT2D eigenvalue weighted by Crippen LogP contribution is 2.32. The molecule has 1 amide bonds. The fourth-order valence-electron chi connectivity index (χ4n) is 3.52. The topological polar surface area (TPSA) is 92.5 Å². The van der Waals surface area contributed by atoms with Crippen LogP contribution in [0.25, 0.3) is 0 Å². The highest BCUT2D eigenvalue weighted by Gasteiger charge is 2.43. The maximum Gasteiger partial charge on any atom is 0.270 e. The van der Waals surface area contributed by atoms with Crippen LogP contribution in [-0.4, -0.2) is 64.2 Å². The molecule has 3 heterocycles. The Hall–Kier alpha value is -2.45. The highest BCUT2D eigenvalue weighted by atomic mass is 16.5. The lowest BCUT2D eigenvalue weighted by molar-refractivity contribution is -0.00597. The smallest absolute Gasteiger partial charge is 0.270 e. The second-order valence-corrected chi connectivity index (χ2v) is 6.87. The number of ether oxygens (including phenoxy) is 1. The van der Waals surface area contributed by atoms with Crippen LogP contribution in [0.3, 0.4) is 0 Å². The minimum atomic E-state index is -0.507. The van der Waals surface area contributed by atoms with Crippen LogP contribution in [0.5, 0.6) is 0 Å². The first kappa shape index (κ1) is 17.0. The molecule has 0 unspecified atom stereocenters. The molecule has 0 aromatic carbocycles. The molecule has 2 aliphatic rings. The summed E-state index contributed by atoms with van der Waals surface area (Å²) in [4.78, 5) is 19.0. The van der Waals surface area contributed by atoms with Gasteiger partial charge in [0.25, 0.3) is 5.91 Å². The van der Waals surface area contributed by atoms with Crippen LogP contribution in [0, 0.1) is 6.92 Å². The molecule has 0 bridgehead atoms. The maximum absolute atomic E-state index is 12.6. The third-order valence-corrected chi connectivity index (χ3v) is 5.01. The summed E-state index contributed by atoms with van der Waals surface area (Å²) in [5, 5.41) is 17.3. The number of pyridine rings is 1. The molecule has 0 radical (unpaired) electrons. The maximum atomic E-state index is 12.6. The van der Waals surface area contributed by atoms with Gasteiger partial charge in [0.15, 0.2) is 0 Å². The molecule has 1 saturated heterocycles. The number of aliphatic hydroxyl groups is 1. The Balaban J connectivity index is 1.45. The second kappa shape index (κ2) is 7.05. The van der Waals surface area contributed by atoms with E-state index in [1.807, 2.05) is 25.3 Å². The molecular weight excluding hydrogens is 334 g/mol. The molecule has 26 heavy (non-hydrogen) atoms. The predicted octanol–water partition coefficient (Wildman–Crippen LogP) is 0.527. The van der Waals surface area contributed by atoms with Crippen LogP contribution in [0.15, 0.2) is 30.7 Å². The van der Waals surface area contributed by atoms with Crippen molar-refractivity contribution in [2.24, 2.45) is 0 Å². The number of nitrogens with zero attached hydrogens (tertiary/aromatic N) is 4. The lowest BCUT2D eigenvalue weighted by Crippen LogP contribution is -2.56. The van der Waals surface area contributed by atoms with Gasteiger partial charge in [-0.2, -0.15) is 5.10 Å². The van der Waals surface area contributed by atoms with E-state index in [1.165, 1.54) is 0 Å². The molecule has 1 aliphatic heterocycles. The molecule has 2 aromatic rings. The van der Waals surface area contributed by atoms with Crippen LogP contribution in [0.2, 0.25) is 0 Å². The lowest BCUT2D eigenvalue weighted by atomic mass is 9.83. The first-order valence-electron chi connectivity index (χ1n) is 8.90. The summed E-state index contributed by atoms with van der Waals surface area (Å²) in [5.74, 6) is -0.231. The number of nitrogens with one attached hydrogen (secondary N) is 1. The molecule has 1 saturated carbocycles. The molecule has 3 atom stereocenters. The number of morpholine rings is 1. The number of hydrogen-bond acceptors (Lipinski definition) is 6. The molecular formula is C18H23N5O3. The number of aliphatic hydroxyl groups excluding tert-OH is 1. The summed E-state index contributed by atoms with van der Waals surface area (Å²) in [6, 6.07) is 3.31. The van der Waals surface area contributed by atoms with Crippen molar-refractivity contribution >= 4 is 11.6 Å². The van der Waals surface area contributed by atoms with Gasteiger partial charge in [-0.1, -0.05) is 0 Å². The molecule has 4 rings (SSSR count). The van der Waals surface area contributed by atoms with Gasteiger partial charge < -0.3 is 20.1 Å². The number of amides is 1. The van der Waals surface area contributed by atoms with Gasteiger partial charge in [0.05, 0.1) is 37.6 Å². The molecule has 2 fully saturated rings. The van der Waals surface area contributed by atoms with Gasteiger partial charge in [-0.25, -0.2) is 0 Å². The monoisotopic (exact) mass is 357 g/mol. The Labute approximate surface area is 151 Å². The van der Waals surface area contributed by atoms with E-state index in [2.05, 4.69) is 20.3 Å². The second-order valence-electron chi connectivity index (χ2n) is 6.87. The number of aryl methyl sites for hydroxylation is 1. The first-order valence-corrected chi connectivity index (χ1v) is 8.90. The summed E-state index contributed by atoms with van der Waals surface area (Å²) in [6.07, 6.45) is 5.29. The van der Waals surface area contributed by atoms with Crippen LogP contribution >= 0.6 is 0 Å². The third kappa shape index (κ3) is 3.30. The normalized spacial score (nSPS) is 25.6. The number of carbonyl (C=O) groups excluding carboxylic acids is 1. The minimum absolute atomic E-state index is 0.161. The van der Waals surface area contributed by atoms with E-state index in [0.29, 0.717) is 25.3 Å². The largest absolute Gasteiger partial charge is 0.391 e. The van der Waals surface area contributed by atoms with Gasteiger partial charge in [0, 0.05) is 31.2 Å². The van der Waals surface area contributed by atoms with Gasteiger partial charge in [0.2, 0.25) is 0 Å². The average Bonchev–Trinajstić information content (AvgIpc) is 3.07. The Morgan fingerprint density at radius 3 is 2.88 bits per heavy atom. The standard InChI is InChI=1S/C18H23N5O3/c1-12-10-20-23(11-12)17-14(9-16(17)24)21-18(25)15-8-13(2-3-19-15)22-4-6-26-7-5-22/h2-3,8,10-11,14,16-17,24H,4-7,9H2,1H3,(H,21,25)/t14-,16+,17+/m0/s1. The molecule has 1 aliphatic carbocycles. The molecule has 138 valence electrons.